The first-order valence-corrected chi connectivity index (χ1v) is 9.59. The predicted octanol–water partition coefficient (Wildman–Crippen LogP) is 3.75. The highest BCUT2D eigenvalue weighted by atomic mass is 127. The number of aryl methyl sites for hydroxylation is 1. The van der Waals surface area contributed by atoms with Gasteiger partial charge in [0.15, 0.2) is 5.96 Å². The molecule has 0 radical (unpaired) electrons. The maximum atomic E-state index is 5.87. The number of benzene rings is 1. The first-order valence-electron chi connectivity index (χ1n) is 9.59. The Morgan fingerprint density at radius 1 is 1.29 bits per heavy atom. The smallest absolute Gasteiger partial charge is 0.226 e. The van der Waals surface area contributed by atoms with Gasteiger partial charge in [-0.05, 0) is 25.5 Å². The number of nitrogens with zero attached hydrogens (tertiary/aromatic N) is 2. The summed E-state index contributed by atoms with van der Waals surface area (Å²) in [5.74, 6) is 2.00. The van der Waals surface area contributed by atoms with Crippen molar-refractivity contribution in [2.24, 2.45) is 16.3 Å². The Hall–Kier alpha value is -1.61. The molecule has 1 saturated heterocycles. The summed E-state index contributed by atoms with van der Waals surface area (Å²) in [5.41, 5.74) is 3.17. The van der Waals surface area contributed by atoms with E-state index in [-0.39, 0.29) is 29.4 Å². The van der Waals surface area contributed by atoms with Crippen molar-refractivity contribution in [2.75, 3.05) is 13.7 Å². The van der Waals surface area contributed by atoms with Gasteiger partial charge in [0, 0.05) is 36.6 Å². The van der Waals surface area contributed by atoms with Crippen LogP contribution < -0.4 is 10.6 Å². The molecule has 2 fully saturated rings. The summed E-state index contributed by atoms with van der Waals surface area (Å²) in [4.78, 5) is 8.95. The van der Waals surface area contributed by atoms with E-state index in [4.69, 9.17) is 9.15 Å². The molecule has 6 nitrogen and oxygen atoms in total. The number of guanidine groups is 1. The van der Waals surface area contributed by atoms with E-state index in [0.717, 1.165) is 30.2 Å². The van der Waals surface area contributed by atoms with E-state index in [1.807, 2.05) is 12.1 Å². The molecular weight excluding hydrogens is 467 g/mol. The van der Waals surface area contributed by atoms with E-state index >= 15 is 0 Å². The van der Waals surface area contributed by atoms with Crippen LogP contribution in [0.5, 0.6) is 0 Å². The summed E-state index contributed by atoms with van der Waals surface area (Å²) in [7, 11) is 1.80. The van der Waals surface area contributed by atoms with E-state index in [2.05, 4.69) is 53.5 Å². The number of oxazole rings is 1. The zero-order valence-electron chi connectivity index (χ0n) is 16.9. The van der Waals surface area contributed by atoms with Crippen LogP contribution >= 0.6 is 24.0 Å². The van der Waals surface area contributed by atoms with Gasteiger partial charge in [-0.25, -0.2) is 4.98 Å². The molecule has 1 aliphatic carbocycles. The summed E-state index contributed by atoms with van der Waals surface area (Å²) in [6.07, 6.45) is 3.18. The number of hydrogen-bond acceptors (Lipinski definition) is 4. The molecule has 152 valence electrons. The zero-order chi connectivity index (χ0) is 19.0. The first kappa shape index (κ1) is 21.1. The van der Waals surface area contributed by atoms with Crippen molar-refractivity contribution in [3.8, 4) is 11.5 Å². The second-order valence-corrected chi connectivity index (χ2v) is 8.12. The van der Waals surface area contributed by atoms with Crippen molar-refractivity contribution < 1.29 is 9.15 Å². The molecule has 1 aliphatic heterocycles. The average Bonchev–Trinajstić information content (AvgIpc) is 3.31. The molecule has 2 N–H and O–H groups in total. The first-order chi connectivity index (χ1) is 13.0. The van der Waals surface area contributed by atoms with Crippen LogP contribution in [-0.4, -0.2) is 36.7 Å². The van der Waals surface area contributed by atoms with Crippen molar-refractivity contribution in [1.82, 2.24) is 15.6 Å². The van der Waals surface area contributed by atoms with Crippen LogP contribution in [0.25, 0.3) is 11.5 Å². The number of halogens is 1. The molecule has 1 aromatic heterocycles. The maximum Gasteiger partial charge on any atom is 0.226 e. The summed E-state index contributed by atoms with van der Waals surface area (Å²) >= 11 is 0. The topological polar surface area (TPSA) is 71.7 Å². The molecular formula is C21H29IN4O2. The molecule has 2 heterocycles. The number of fused-ring (bicyclic) bond motifs is 1. The number of nitrogens with one attached hydrogen (secondary N) is 2. The fourth-order valence-corrected chi connectivity index (χ4v) is 4.35. The Morgan fingerprint density at radius 3 is 2.75 bits per heavy atom. The van der Waals surface area contributed by atoms with Crippen molar-refractivity contribution in [3.63, 3.8) is 0 Å². The average molecular weight is 496 g/mol. The van der Waals surface area contributed by atoms with Gasteiger partial charge in [-0.1, -0.05) is 31.5 Å². The van der Waals surface area contributed by atoms with Crippen molar-refractivity contribution >= 4 is 29.9 Å². The van der Waals surface area contributed by atoms with E-state index in [0.29, 0.717) is 30.5 Å². The molecule has 0 amide bonds. The maximum absolute atomic E-state index is 5.87. The molecule has 0 bridgehead atoms. The lowest BCUT2D eigenvalue weighted by Crippen LogP contribution is -2.67. The monoisotopic (exact) mass is 496 g/mol. The Balaban J connectivity index is 0.00000225. The lowest BCUT2D eigenvalue weighted by atomic mass is 9.57. The van der Waals surface area contributed by atoms with Gasteiger partial charge in [0.05, 0.1) is 18.3 Å². The van der Waals surface area contributed by atoms with Crippen molar-refractivity contribution in [1.29, 1.82) is 0 Å². The van der Waals surface area contributed by atoms with Gasteiger partial charge in [-0.15, -0.1) is 24.0 Å². The standard InChI is InChI=1S/C21H28N4O2.HI/c1-13-5-7-14(8-6-13)19-24-15(12-27-19)11-23-20(22-4)25-17-16-9-10-26-18(16)21(17,2)3;/h5-8,12,16-18H,9-11H2,1-4H3,(H2,22,23,25);1H. The fraction of sp³-hybridized carbons (Fsp3) is 0.524. The quantitative estimate of drug-likeness (QED) is 0.384. The summed E-state index contributed by atoms with van der Waals surface area (Å²) in [6.45, 7) is 8.01. The number of hydrogen-bond donors (Lipinski definition) is 2. The van der Waals surface area contributed by atoms with Gasteiger partial charge in [-0.3, -0.25) is 4.99 Å². The third kappa shape index (κ3) is 3.91. The molecule has 1 aromatic carbocycles. The second kappa shape index (κ2) is 8.41. The van der Waals surface area contributed by atoms with Crippen LogP contribution in [-0.2, 0) is 11.3 Å². The zero-order valence-corrected chi connectivity index (χ0v) is 19.2. The second-order valence-electron chi connectivity index (χ2n) is 8.12. The minimum atomic E-state index is 0. The molecule has 28 heavy (non-hydrogen) atoms. The molecule has 2 aromatic rings. The van der Waals surface area contributed by atoms with Crippen LogP contribution in [0.1, 0.15) is 31.5 Å². The third-order valence-electron chi connectivity index (χ3n) is 5.90. The number of aliphatic imine (C=N–C) groups is 1. The van der Waals surface area contributed by atoms with Gasteiger partial charge in [0.1, 0.15) is 6.26 Å². The highest BCUT2D eigenvalue weighted by molar-refractivity contribution is 14.0. The fourth-order valence-electron chi connectivity index (χ4n) is 4.35. The molecule has 1 saturated carbocycles. The van der Waals surface area contributed by atoms with Crippen LogP contribution in [0.15, 0.2) is 39.9 Å². The Bertz CT molecular complexity index is 831. The van der Waals surface area contributed by atoms with Gasteiger partial charge < -0.3 is 19.8 Å². The van der Waals surface area contributed by atoms with Gasteiger partial charge in [0.2, 0.25) is 5.89 Å². The molecule has 3 unspecified atom stereocenters. The van der Waals surface area contributed by atoms with Gasteiger partial charge in [-0.2, -0.15) is 0 Å². The van der Waals surface area contributed by atoms with E-state index in [1.54, 1.807) is 13.3 Å². The Morgan fingerprint density at radius 2 is 2.04 bits per heavy atom. The Kier molecular flexibility index (Phi) is 6.34. The van der Waals surface area contributed by atoms with Crippen LogP contribution in [0.2, 0.25) is 0 Å². The number of rotatable bonds is 4. The van der Waals surface area contributed by atoms with Crippen molar-refractivity contribution in [3.05, 3.63) is 41.8 Å². The van der Waals surface area contributed by atoms with Crippen molar-refractivity contribution in [2.45, 2.75) is 45.9 Å². The number of ether oxygens (including phenoxy) is 1. The molecule has 2 aliphatic rings. The van der Waals surface area contributed by atoms with E-state index in [9.17, 15) is 0 Å². The summed E-state index contributed by atoms with van der Waals surface area (Å²) in [6, 6.07) is 8.54. The van der Waals surface area contributed by atoms with E-state index < -0.39 is 0 Å². The van der Waals surface area contributed by atoms with E-state index in [1.165, 1.54) is 5.56 Å². The highest BCUT2D eigenvalue weighted by Crippen LogP contribution is 2.52. The van der Waals surface area contributed by atoms with Gasteiger partial charge in [0.25, 0.3) is 0 Å². The molecule has 3 atom stereocenters. The SMILES string of the molecule is CN=C(NCc1coc(-c2ccc(C)cc2)n1)NC1C2CCOC2C1(C)C.I. The molecule has 0 spiro atoms. The predicted molar refractivity (Wildman–Crippen MR) is 121 cm³/mol. The molecule has 4 rings (SSSR count). The normalized spacial score (nSPS) is 25.4. The molecule has 7 heteroatoms. The highest BCUT2D eigenvalue weighted by Gasteiger charge is 2.59. The van der Waals surface area contributed by atoms with Crippen LogP contribution in [0.4, 0.5) is 0 Å². The minimum absolute atomic E-state index is 0. The van der Waals surface area contributed by atoms with Gasteiger partial charge >= 0.3 is 0 Å². The summed E-state index contributed by atoms with van der Waals surface area (Å²) < 4.78 is 11.5. The third-order valence-corrected chi connectivity index (χ3v) is 5.90. The lowest BCUT2D eigenvalue weighted by molar-refractivity contribution is -0.106. The largest absolute Gasteiger partial charge is 0.444 e. The minimum Gasteiger partial charge on any atom is -0.444 e. The number of aromatic nitrogens is 1. The lowest BCUT2D eigenvalue weighted by Gasteiger charge is -2.54. The Labute approximate surface area is 183 Å². The van der Waals surface area contributed by atoms with Crippen LogP contribution in [0, 0.1) is 18.3 Å². The summed E-state index contributed by atoms with van der Waals surface area (Å²) in [5, 5.41) is 6.93. The van der Waals surface area contributed by atoms with Crippen LogP contribution in [0.3, 0.4) is 0 Å².